The Morgan fingerprint density at radius 1 is 1.12 bits per heavy atom. The third-order valence-corrected chi connectivity index (χ3v) is 4.23. The molecule has 1 saturated heterocycles. The molecule has 1 aliphatic rings. The highest BCUT2D eigenvalue weighted by Gasteiger charge is 2.19. The lowest BCUT2D eigenvalue weighted by Gasteiger charge is -2.26. The first kappa shape index (κ1) is 17.0. The molecule has 0 bridgehead atoms. The van der Waals surface area contributed by atoms with Crippen LogP contribution in [0.4, 0.5) is 11.4 Å². The van der Waals surface area contributed by atoms with Crippen molar-refractivity contribution in [2.45, 2.75) is 19.3 Å². The van der Waals surface area contributed by atoms with Gasteiger partial charge in [-0.25, -0.2) is 4.79 Å². The first-order chi connectivity index (χ1) is 12.2. The Labute approximate surface area is 146 Å². The van der Waals surface area contributed by atoms with Crippen LogP contribution in [0.3, 0.4) is 0 Å². The second kappa shape index (κ2) is 7.79. The van der Waals surface area contributed by atoms with E-state index in [1.807, 2.05) is 11.0 Å². The molecule has 1 aromatic carbocycles. The van der Waals surface area contributed by atoms with Crippen LogP contribution >= 0.6 is 0 Å². The molecule has 1 amide bonds. The van der Waals surface area contributed by atoms with E-state index in [2.05, 4.69) is 10.3 Å². The van der Waals surface area contributed by atoms with Gasteiger partial charge in [-0.1, -0.05) is 12.1 Å². The van der Waals surface area contributed by atoms with Crippen molar-refractivity contribution in [2.24, 2.45) is 0 Å². The summed E-state index contributed by atoms with van der Waals surface area (Å²) in [4.78, 5) is 30.5. The highest BCUT2D eigenvalue weighted by atomic mass is 16.5. The van der Waals surface area contributed by atoms with Gasteiger partial charge in [-0.2, -0.15) is 0 Å². The number of likely N-dealkylation sites (tertiary alicyclic amines) is 1. The maximum Gasteiger partial charge on any atom is 0.339 e. The first-order valence-corrected chi connectivity index (χ1v) is 8.39. The lowest BCUT2D eigenvalue weighted by molar-refractivity contribution is 0.0601. The van der Waals surface area contributed by atoms with Gasteiger partial charge in [0.1, 0.15) is 5.69 Å². The zero-order chi connectivity index (χ0) is 17.6. The highest BCUT2D eigenvalue weighted by molar-refractivity contribution is 5.97. The fourth-order valence-electron chi connectivity index (χ4n) is 2.92. The van der Waals surface area contributed by atoms with Crippen molar-refractivity contribution in [3.8, 4) is 0 Å². The summed E-state index contributed by atoms with van der Waals surface area (Å²) in [5.74, 6) is -0.466. The average molecular weight is 339 g/mol. The zero-order valence-electron chi connectivity index (χ0n) is 14.2. The number of methoxy groups -OCH3 is 1. The molecule has 25 heavy (non-hydrogen) atoms. The van der Waals surface area contributed by atoms with Gasteiger partial charge < -0.3 is 15.0 Å². The molecule has 130 valence electrons. The van der Waals surface area contributed by atoms with Crippen LogP contribution < -0.4 is 5.32 Å². The number of hydrogen-bond donors (Lipinski definition) is 1. The highest BCUT2D eigenvalue weighted by Crippen LogP contribution is 2.22. The predicted octanol–water partition coefficient (Wildman–Crippen LogP) is 3.24. The number of amides is 1. The number of carbonyl (C=O) groups excluding carboxylic acids is 2. The van der Waals surface area contributed by atoms with Gasteiger partial charge in [-0.05, 0) is 43.5 Å². The number of ether oxygens (including phenoxy) is 1. The van der Waals surface area contributed by atoms with Crippen molar-refractivity contribution in [1.29, 1.82) is 0 Å². The number of benzene rings is 1. The lowest BCUT2D eigenvalue weighted by Crippen LogP contribution is -2.36. The van der Waals surface area contributed by atoms with E-state index in [9.17, 15) is 9.59 Å². The predicted molar refractivity (Wildman–Crippen MR) is 95.1 cm³/mol. The normalized spacial score (nSPS) is 14.0. The van der Waals surface area contributed by atoms with Gasteiger partial charge >= 0.3 is 5.97 Å². The molecule has 6 heteroatoms. The molecule has 0 saturated carbocycles. The Balaban J connectivity index is 1.81. The maximum atomic E-state index is 12.6. The fourth-order valence-corrected chi connectivity index (χ4v) is 2.92. The molecule has 0 radical (unpaired) electrons. The van der Waals surface area contributed by atoms with E-state index in [4.69, 9.17) is 4.74 Å². The SMILES string of the molecule is COC(=O)c1ccccc1Nc1ccnc(C(=O)N2CCCCC2)c1. The second-order valence-electron chi connectivity index (χ2n) is 5.94. The van der Waals surface area contributed by atoms with Gasteiger partial charge in [0.2, 0.25) is 0 Å². The van der Waals surface area contributed by atoms with Gasteiger partial charge in [0, 0.05) is 25.0 Å². The summed E-state index contributed by atoms with van der Waals surface area (Å²) in [5.41, 5.74) is 2.16. The van der Waals surface area contributed by atoms with Crippen LogP contribution in [-0.4, -0.2) is 42.0 Å². The van der Waals surface area contributed by atoms with E-state index in [0.717, 1.165) is 25.9 Å². The molecule has 2 aromatic rings. The number of piperidine rings is 1. The molecule has 3 rings (SSSR count). The summed E-state index contributed by atoms with van der Waals surface area (Å²) in [6.07, 6.45) is 4.84. The number of hydrogen-bond acceptors (Lipinski definition) is 5. The summed E-state index contributed by atoms with van der Waals surface area (Å²) in [6, 6.07) is 10.6. The number of nitrogens with zero attached hydrogens (tertiary/aromatic N) is 2. The van der Waals surface area contributed by atoms with Gasteiger partial charge in [0.05, 0.1) is 18.4 Å². The second-order valence-corrected chi connectivity index (χ2v) is 5.94. The van der Waals surface area contributed by atoms with Crippen molar-refractivity contribution >= 4 is 23.3 Å². The van der Waals surface area contributed by atoms with E-state index in [1.165, 1.54) is 13.5 Å². The van der Waals surface area contributed by atoms with Crippen LogP contribution in [-0.2, 0) is 4.74 Å². The Hall–Kier alpha value is -2.89. The largest absolute Gasteiger partial charge is 0.465 e. The van der Waals surface area contributed by atoms with Gasteiger partial charge in [-0.3, -0.25) is 9.78 Å². The van der Waals surface area contributed by atoms with Gasteiger partial charge in [0.25, 0.3) is 5.91 Å². The van der Waals surface area contributed by atoms with Gasteiger partial charge in [-0.15, -0.1) is 0 Å². The number of pyridine rings is 1. The molecule has 1 N–H and O–H groups in total. The number of anilines is 2. The van der Waals surface area contributed by atoms with Crippen molar-refractivity contribution < 1.29 is 14.3 Å². The minimum absolute atomic E-state index is 0.0513. The third kappa shape index (κ3) is 3.96. The molecular weight excluding hydrogens is 318 g/mol. The molecule has 1 aliphatic heterocycles. The van der Waals surface area contributed by atoms with Crippen molar-refractivity contribution in [3.05, 3.63) is 53.9 Å². The molecule has 0 spiro atoms. The van der Waals surface area contributed by atoms with Crippen LogP contribution in [0.25, 0.3) is 0 Å². The topological polar surface area (TPSA) is 71.5 Å². The fraction of sp³-hybridized carbons (Fsp3) is 0.316. The Kier molecular flexibility index (Phi) is 5.28. The summed E-state index contributed by atoms with van der Waals surface area (Å²) in [7, 11) is 1.35. The number of nitrogens with one attached hydrogen (secondary N) is 1. The monoisotopic (exact) mass is 339 g/mol. The number of aromatic nitrogens is 1. The molecule has 1 aromatic heterocycles. The molecular formula is C19H21N3O3. The standard InChI is InChI=1S/C19H21N3O3/c1-25-19(24)15-7-3-4-8-16(15)21-14-9-10-20-17(13-14)18(23)22-11-5-2-6-12-22/h3-4,7-10,13H,2,5-6,11-12H2,1H3,(H,20,21). The molecule has 0 atom stereocenters. The number of rotatable bonds is 4. The van der Waals surface area contributed by atoms with Crippen molar-refractivity contribution in [1.82, 2.24) is 9.88 Å². The lowest BCUT2D eigenvalue weighted by atomic mass is 10.1. The van der Waals surface area contributed by atoms with Gasteiger partial charge in [0.15, 0.2) is 0 Å². The molecule has 0 aliphatic carbocycles. The number of esters is 1. The van der Waals surface area contributed by atoms with E-state index in [1.54, 1.807) is 36.5 Å². The average Bonchev–Trinajstić information content (AvgIpc) is 2.68. The Morgan fingerprint density at radius 2 is 1.88 bits per heavy atom. The summed E-state index contributed by atoms with van der Waals surface area (Å²) in [6.45, 7) is 1.56. The molecule has 1 fully saturated rings. The van der Waals surface area contributed by atoms with Crippen LogP contribution in [0, 0.1) is 0 Å². The zero-order valence-corrected chi connectivity index (χ0v) is 14.2. The van der Waals surface area contributed by atoms with Crippen molar-refractivity contribution in [2.75, 3.05) is 25.5 Å². The molecule has 6 nitrogen and oxygen atoms in total. The van der Waals surface area contributed by atoms with E-state index >= 15 is 0 Å². The number of para-hydroxylation sites is 1. The summed E-state index contributed by atoms with van der Waals surface area (Å²) >= 11 is 0. The molecule has 0 unspecified atom stereocenters. The molecule has 2 heterocycles. The van der Waals surface area contributed by atoms with Crippen LogP contribution in [0.1, 0.15) is 40.1 Å². The van der Waals surface area contributed by atoms with Crippen LogP contribution in [0.2, 0.25) is 0 Å². The van der Waals surface area contributed by atoms with Crippen LogP contribution in [0.5, 0.6) is 0 Å². The Bertz CT molecular complexity index is 770. The third-order valence-electron chi connectivity index (χ3n) is 4.23. The number of carbonyl (C=O) groups is 2. The first-order valence-electron chi connectivity index (χ1n) is 8.39. The van der Waals surface area contributed by atoms with Crippen molar-refractivity contribution in [3.63, 3.8) is 0 Å². The summed E-state index contributed by atoms with van der Waals surface area (Å²) < 4.78 is 4.80. The quantitative estimate of drug-likeness (QED) is 0.866. The smallest absolute Gasteiger partial charge is 0.339 e. The minimum atomic E-state index is -0.415. The minimum Gasteiger partial charge on any atom is -0.465 e. The van der Waals surface area contributed by atoms with E-state index < -0.39 is 5.97 Å². The van der Waals surface area contributed by atoms with Crippen LogP contribution in [0.15, 0.2) is 42.6 Å². The van der Waals surface area contributed by atoms with E-state index in [0.29, 0.717) is 22.6 Å². The maximum absolute atomic E-state index is 12.6. The summed E-state index contributed by atoms with van der Waals surface area (Å²) in [5, 5.41) is 3.17. The Morgan fingerprint density at radius 3 is 2.64 bits per heavy atom. The van der Waals surface area contributed by atoms with E-state index in [-0.39, 0.29) is 5.91 Å².